The van der Waals surface area contributed by atoms with Gasteiger partial charge in [-0.1, -0.05) is 15.9 Å². The second-order valence-corrected chi connectivity index (χ2v) is 2.76. The van der Waals surface area contributed by atoms with Gasteiger partial charge in [-0.3, -0.25) is 4.79 Å². The smallest absolute Gasteiger partial charge is 0.308 e. The molecule has 1 unspecified atom stereocenters. The Kier molecular flexibility index (Phi) is 5.63. The average Bonchev–Trinajstić information content (AvgIpc) is 1.82. The Morgan fingerprint density at radius 2 is 2.40 bits per heavy atom. The second-order valence-electron chi connectivity index (χ2n) is 1.96. The van der Waals surface area contributed by atoms with Gasteiger partial charge in [-0.25, -0.2) is 0 Å². The van der Waals surface area contributed by atoms with Crippen molar-refractivity contribution in [1.82, 2.24) is 0 Å². The van der Waals surface area contributed by atoms with Gasteiger partial charge in [0.05, 0.1) is 12.5 Å². The molecule has 0 aromatic carbocycles. The molecule has 4 heteroatoms. The molecule has 0 saturated carbocycles. The van der Waals surface area contributed by atoms with Crippen LogP contribution < -0.4 is 0 Å². The van der Waals surface area contributed by atoms with E-state index in [-0.39, 0.29) is 12.4 Å². The maximum absolute atomic E-state index is 10.6. The number of halogens is 1. The summed E-state index contributed by atoms with van der Waals surface area (Å²) < 4.78 is 4.66. The lowest BCUT2D eigenvalue weighted by atomic mass is 10.3. The molecule has 0 aliphatic heterocycles. The maximum Gasteiger partial charge on any atom is 0.308 e. The quantitative estimate of drug-likeness (QED) is 0.549. The van der Waals surface area contributed by atoms with Crippen LogP contribution >= 0.6 is 15.9 Å². The number of carbonyl (C=O) groups excluding carboxylic acids is 1. The first-order valence-corrected chi connectivity index (χ1v) is 4.18. The Hall–Kier alpha value is -0.0900. The van der Waals surface area contributed by atoms with Crippen molar-refractivity contribution in [3.05, 3.63) is 0 Å². The summed E-state index contributed by atoms with van der Waals surface area (Å²) in [6.45, 7) is 1.92. The van der Waals surface area contributed by atoms with Crippen LogP contribution in [0.4, 0.5) is 0 Å². The number of aliphatic hydroxyl groups is 1. The molecule has 0 rings (SSSR count). The Morgan fingerprint density at radius 3 is 2.80 bits per heavy atom. The van der Waals surface area contributed by atoms with Crippen molar-refractivity contribution in [3.8, 4) is 0 Å². The molecule has 0 aromatic heterocycles. The third kappa shape index (κ3) is 6.04. The van der Waals surface area contributed by atoms with E-state index in [1.807, 2.05) is 0 Å². The van der Waals surface area contributed by atoms with Crippen LogP contribution in [0.3, 0.4) is 0 Å². The molecule has 0 heterocycles. The number of carbonyl (C=O) groups is 1. The molecule has 0 aliphatic carbocycles. The van der Waals surface area contributed by atoms with Crippen LogP contribution in [0.1, 0.15) is 13.3 Å². The lowest BCUT2D eigenvalue weighted by Crippen LogP contribution is -2.13. The van der Waals surface area contributed by atoms with Gasteiger partial charge >= 0.3 is 5.97 Å². The van der Waals surface area contributed by atoms with Gasteiger partial charge in [0.15, 0.2) is 0 Å². The fourth-order valence-corrected chi connectivity index (χ4v) is 0.614. The van der Waals surface area contributed by atoms with E-state index in [1.165, 1.54) is 0 Å². The maximum atomic E-state index is 10.6. The molecule has 0 spiro atoms. The largest absolute Gasteiger partial charge is 0.465 e. The first kappa shape index (κ1) is 9.91. The average molecular weight is 211 g/mol. The fourth-order valence-electron chi connectivity index (χ4n) is 0.453. The topological polar surface area (TPSA) is 46.5 Å². The summed E-state index contributed by atoms with van der Waals surface area (Å²) in [4.78, 5) is 10.6. The van der Waals surface area contributed by atoms with Crippen molar-refractivity contribution in [3.63, 3.8) is 0 Å². The number of alkyl halides is 1. The molecule has 0 radical (unpaired) electrons. The van der Waals surface area contributed by atoms with E-state index >= 15 is 0 Å². The van der Waals surface area contributed by atoms with Crippen LogP contribution in [0.25, 0.3) is 0 Å². The van der Waals surface area contributed by atoms with Crippen molar-refractivity contribution in [2.75, 3.05) is 11.9 Å². The minimum Gasteiger partial charge on any atom is -0.465 e. The minimum atomic E-state index is -0.608. The zero-order valence-electron chi connectivity index (χ0n) is 5.84. The molecule has 0 aliphatic rings. The molecule has 60 valence electrons. The molecule has 0 aromatic rings. The third-order valence-corrected chi connectivity index (χ3v) is 1.13. The zero-order chi connectivity index (χ0) is 7.98. The van der Waals surface area contributed by atoms with Crippen LogP contribution in [-0.4, -0.2) is 29.1 Å². The van der Waals surface area contributed by atoms with Crippen molar-refractivity contribution < 1.29 is 14.6 Å². The number of esters is 1. The highest BCUT2D eigenvalue weighted by atomic mass is 79.9. The van der Waals surface area contributed by atoms with Gasteiger partial charge in [-0.2, -0.15) is 0 Å². The second kappa shape index (κ2) is 5.68. The summed E-state index contributed by atoms with van der Waals surface area (Å²) in [7, 11) is 0. The fraction of sp³-hybridized carbons (Fsp3) is 0.833. The van der Waals surface area contributed by atoms with E-state index in [2.05, 4.69) is 20.7 Å². The lowest BCUT2D eigenvalue weighted by Gasteiger charge is -2.03. The summed E-state index contributed by atoms with van der Waals surface area (Å²) in [6.07, 6.45) is -0.532. The van der Waals surface area contributed by atoms with E-state index < -0.39 is 6.10 Å². The predicted molar refractivity (Wildman–Crippen MR) is 41.1 cm³/mol. The highest BCUT2D eigenvalue weighted by Crippen LogP contribution is 1.93. The first-order valence-electron chi connectivity index (χ1n) is 3.06. The number of aliphatic hydroxyl groups excluding tert-OH is 1. The highest BCUT2D eigenvalue weighted by molar-refractivity contribution is 9.09. The minimum absolute atomic E-state index is 0.0764. The van der Waals surface area contributed by atoms with E-state index in [9.17, 15) is 4.79 Å². The van der Waals surface area contributed by atoms with Crippen LogP contribution in [0.5, 0.6) is 0 Å². The van der Waals surface area contributed by atoms with Crippen molar-refractivity contribution in [2.24, 2.45) is 0 Å². The normalized spacial score (nSPS) is 12.7. The third-order valence-electron chi connectivity index (χ3n) is 0.802. The molecule has 1 N–H and O–H groups in total. The summed E-state index contributed by atoms with van der Waals surface area (Å²) >= 11 is 3.10. The van der Waals surface area contributed by atoms with E-state index in [0.29, 0.717) is 11.9 Å². The number of ether oxygens (including phenoxy) is 1. The highest BCUT2D eigenvalue weighted by Gasteiger charge is 2.05. The van der Waals surface area contributed by atoms with Gasteiger partial charge in [0.2, 0.25) is 0 Å². The van der Waals surface area contributed by atoms with Gasteiger partial charge in [-0.05, 0) is 6.92 Å². The van der Waals surface area contributed by atoms with Crippen molar-refractivity contribution in [1.29, 1.82) is 0 Å². The van der Waals surface area contributed by atoms with Crippen LogP contribution in [0.2, 0.25) is 0 Å². The molecule has 1 atom stereocenters. The van der Waals surface area contributed by atoms with Gasteiger partial charge in [0.1, 0.15) is 6.61 Å². The summed E-state index contributed by atoms with van der Waals surface area (Å²) in [5.41, 5.74) is 0. The lowest BCUT2D eigenvalue weighted by molar-refractivity contribution is -0.144. The van der Waals surface area contributed by atoms with Crippen molar-refractivity contribution >= 4 is 21.9 Å². The SMILES string of the molecule is CC(O)CC(=O)OCCBr. The van der Waals surface area contributed by atoms with E-state index in [0.717, 1.165) is 0 Å². The van der Waals surface area contributed by atoms with Gasteiger partial charge in [0.25, 0.3) is 0 Å². The van der Waals surface area contributed by atoms with Gasteiger partial charge in [0, 0.05) is 5.33 Å². The molecular formula is C6H11BrO3. The summed E-state index contributed by atoms with van der Waals surface area (Å²) in [6, 6.07) is 0. The van der Waals surface area contributed by atoms with E-state index in [1.54, 1.807) is 6.92 Å². The first-order chi connectivity index (χ1) is 4.66. The van der Waals surface area contributed by atoms with E-state index in [4.69, 9.17) is 5.11 Å². The Bertz CT molecular complexity index is 103. The van der Waals surface area contributed by atoms with Gasteiger partial charge in [-0.15, -0.1) is 0 Å². The predicted octanol–water partition coefficient (Wildman–Crippen LogP) is 0.695. The number of hydrogen-bond donors (Lipinski definition) is 1. The summed E-state index contributed by atoms with van der Waals surface area (Å²) in [5.74, 6) is -0.352. The van der Waals surface area contributed by atoms with Crippen LogP contribution in [0.15, 0.2) is 0 Å². The molecule has 0 amide bonds. The van der Waals surface area contributed by atoms with Crippen molar-refractivity contribution in [2.45, 2.75) is 19.4 Å². The molecule has 0 bridgehead atoms. The Balaban J connectivity index is 3.26. The Morgan fingerprint density at radius 1 is 1.80 bits per heavy atom. The molecule has 10 heavy (non-hydrogen) atoms. The zero-order valence-corrected chi connectivity index (χ0v) is 7.43. The molecule has 3 nitrogen and oxygen atoms in total. The molecule has 0 fully saturated rings. The van der Waals surface area contributed by atoms with Gasteiger partial charge < -0.3 is 9.84 Å². The molecule has 0 saturated heterocycles. The van der Waals surface area contributed by atoms with Crippen LogP contribution in [0, 0.1) is 0 Å². The Labute approximate surface area is 68.5 Å². The number of hydrogen-bond acceptors (Lipinski definition) is 3. The summed E-state index contributed by atoms with van der Waals surface area (Å²) in [5, 5.41) is 9.35. The monoisotopic (exact) mass is 210 g/mol. The number of rotatable bonds is 4. The standard InChI is InChI=1S/C6H11BrO3/c1-5(8)4-6(9)10-3-2-7/h5,8H,2-4H2,1H3. The van der Waals surface area contributed by atoms with Crippen LogP contribution in [-0.2, 0) is 9.53 Å². The molecular weight excluding hydrogens is 200 g/mol.